The van der Waals surface area contributed by atoms with Gasteiger partial charge in [-0.2, -0.15) is 4.31 Å². The molecule has 35 heavy (non-hydrogen) atoms. The quantitative estimate of drug-likeness (QED) is 0.284. The van der Waals surface area contributed by atoms with Crippen molar-refractivity contribution in [2.75, 3.05) is 37.7 Å². The van der Waals surface area contributed by atoms with Gasteiger partial charge in [0.2, 0.25) is 21.8 Å². The van der Waals surface area contributed by atoms with Crippen molar-refractivity contribution in [1.82, 2.24) is 14.3 Å². The van der Waals surface area contributed by atoms with Crippen molar-refractivity contribution in [3.8, 4) is 17.0 Å². The standard InChI is InChI=1S/C22H19F5N4O3S/c1-2-34-14-5-3-13(4-6-14)15-7-8-28-22(29-15)30-9-11-31(12-10-30)35(32,33)21-19(26)17(24)16(23)18(25)20(21)27/h3-8H,2,9-12H2,1H3. The number of anilines is 1. The van der Waals surface area contributed by atoms with Crippen LogP contribution in [-0.4, -0.2) is 55.5 Å². The summed E-state index contributed by atoms with van der Waals surface area (Å²) in [5, 5.41) is 0. The summed E-state index contributed by atoms with van der Waals surface area (Å²) in [4.78, 5) is 8.49. The average Bonchev–Trinajstić information content (AvgIpc) is 2.87. The Bertz CT molecular complexity index is 1320. The molecule has 2 aromatic carbocycles. The van der Waals surface area contributed by atoms with Gasteiger partial charge in [0.05, 0.1) is 12.3 Å². The molecule has 2 heterocycles. The van der Waals surface area contributed by atoms with Crippen LogP contribution in [0.5, 0.6) is 5.75 Å². The minimum atomic E-state index is -4.99. The zero-order chi connectivity index (χ0) is 25.3. The average molecular weight is 514 g/mol. The number of halogens is 5. The second-order valence-electron chi connectivity index (χ2n) is 7.49. The first-order chi connectivity index (χ1) is 16.6. The van der Waals surface area contributed by atoms with E-state index in [0.29, 0.717) is 28.3 Å². The van der Waals surface area contributed by atoms with Crippen molar-refractivity contribution in [2.45, 2.75) is 11.8 Å². The molecule has 1 saturated heterocycles. The number of rotatable bonds is 6. The Kier molecular flexibility index (Phi) is 6.90. The number of hydrogen-bond acceptors (Lipinski definition) is 6. The Morgan fingerprint density at radius 2 is 1.43 bits per heavy atom. The van der Waals surface area contributed by atoms with Crippen molar-refractivity contribution in [1.29, 1.82) is 0 Å². The number of benzene rings is 2. The molecule has 7 nitrogen and oxygen atoms in total. The summed E-state index contributed by atoms with van der Waals surface area (Å²) in [7, 11) is -4.99. The molecule has 0 amide bonds. The van der Waals surface area contributed by atoms with E-state index in [-0.39, 0.29) is 26.2 Å². The Morgan fingerprint density at radius 1 is 0.857 bits per heavy atom. The zero-order valence-corrected chi connectivity index (χ0v) is 19.1. The van der Waals surface area contributed by atoms with Gasteiger partial charge in [0.1, 0.15) is 5.75 Å². The van der Waals surface area contributed by atoms with E-state index >= 15 is 0 Å². The highest BCUT2D eigenvalue weighted by molar-refractivity contribution is 7.89. The number of piperazine rings is 1. The molecule has 1 fully saturated rings. The summed E-state index contributed by atoms with van der Waals surface area (Å²) in [6.07, 6.45) is 1.53. The van der Waals surface area contributed by atoms with Gasteiger partial charge in [-0.25, -0.2) is 40.3 Å². The summed E-state index contributed by atoms with van der Waals surface area (Å²) in [6, 6.07) is 8.94. The Balaban J connectivity index is 1.52. The molecule has 0 saturated carbocycles. The Hall–Kier alpha value is -3.32. The number of ether oxygens (including phenoxy) is 1. The minimum Gasteiger partial charge on any atom is -0.494 e. The van der Waals surface area contributed by atoms with E-state index in [1.807, 2.05) is 19.1 Å². The molecular weight excluding hydrogens is 495 g/mol. The molecule has 0 bridgehead atoms. The molecule has 0 aliphatic carbocycles. The first-order valence-electron chi connectivity index (χ1n) is 10.5. The van der Waals surface area contributed by atoms with E-state index in [1.165, 1.54) is 6.20 Å². The van der Waals surface area contributed by atoms with Gasteiger partial charge >= 0.3 is 0 Å². The Morgan fingerprint density at radius 3 is 2.00 bits per heavy atom. The molecule has 1 aromatic heterocycles. The maximum Gasteiger partial charge on any atom is 0.249 e. The molecule has 0 N–H and O–H groups in total. The van der Waals surface area contributed by atoms with Crippen molar-refractivity contribution >= 4 is 16.0 Å². The van der Waals surface area contributed by atoms with Crippen LogP contribution in [0.4, 0.5) is 27.9 Å². The molecule has 0 unspecified atom stereocenters. The molecule has 186 valence electrons. The highest BCUT2D eigenvalue weighted by atomic mass is 32.2. The predicted molar refractivity (Wildman–Crippen MR) is 116 cm³/mol. The number of sulfonamides is 1. The monoisotopic (exact) mass is 514 g/mol. The van der Waals surface area contributed by atoms with Crippen molar-refractivity contribution in [3.63, 3.8) is 0 Å². The van der Waals surface area contributed by atoms with Gasteiger partial charge in [-0.15, -0.1) is 0 Å². The fourth-order valence-electron chi connectivity index (χ4n) is 3.62. The first-order valence-corrected chi connectivity index (χ1v) is 11.9. The molecule has 3 aromatic rings. The van der Waals surface area contributed by atoms with Crippen LogP contribution < -0.4 is 9.64 Å². The lowest BCUT2D eigenvalue weighted by Crippen LogP contribution is -2.49. The SMILES string of the molecule is CCOc1ccc(-c2ccnc(N3CCN(S(=O)(=O)c4c(F)c(F)c(F)c(F)c4F)CC3)n2)cc1. The van der Waals surface area contributed by atoms with Crippen molar-refractivity contribution in [2.24, 2.45) is 0 Å². The minimum absolute atomic E-state index is 0.0291. The van der Waals surface area contributed by atoms with Gasteiger partial charge in [-0.1, -0.05) is 0 Å². The van der Waals surface area contributed by atoms with Crippen molar-refractivity contribution < 1.29 is 35.1 Å². The maximum atomic E-state index is 14.1. The third kappa shape index (κ3) is 4.65. The molecule has 1 aliphatic heterocycles. The fourth-order valence-corrected chi connectivity index (χ4v) is 5.15. The lowest BCUT2D eigenvalue weighted by Gasteiger charge is -2.34. The van der Waals surface area contributed by atoms with E-state index in [0.717, 1.165) is 5.56 Å². The molecule has 0 spiro atoms. The first kappa shape index (κ1) is 24.8. The van der Waals surface area contributed by atoms with Crippen LogP contribution in [0.25, 0.3) is 11.3 Å². The van der Waals surface area contributed by atoms with Gasteiger partial charge in [-0.3, -0.25) is 0 Å². The van der Waals surface area contributed by atoms with Gasteiger partial charge in [-0.05, 0) is 37.3 Å². The van der Waals surface area contributed by atoms with Crippen molar-refractivity contribution in [3.05, 3.63) is 65.6 Å². The van der Waals surface area contributed by atoms with Crippen LogP contribution in [0.15, 0.2) is 41.4 Å². The number of nitrogens with zero attached hydrogens (tertiary/aromatic N) is 4. The fraction of sp³-hybridized carbons (Fsp3) is 0.273. The predicted octanol–water partition coefficient (Wildman–Crippen LogP) is 3.75. The van der Waals surface area contributed by atoms with Gasteiger partial charge < -0.3 is 9.64 Å². The van der Waals surface area contributed by atoms with Crippen LogP contribution in [0.1, 0.15) is 6.92 Å². The second-order valence-corrected chi connectivity index (χ2v) is 9.36. The summed E-state index contributed by atoms with van der Waals surface area (Å²) in [6.45, 7) is 1.90. The molecule has 4 rings (SSSR count). The number of hydrogen-bond donors (Lipinski definition) is 0. The van der Waals surface area contributed by atoms with Gasteiger partial charge in [0.15, 0.2) is 28.2 Å². The van der Waals surface area contributed by atoms with Crippen LogP contribution in [-0.2, 0) is 10.0 Å². The lowest BCUT2D eigenvalue weighted by atomic mass is 10.1. The van der Waals surface area contributed by atoms with Crippen LogP contribution in [0, 0.1) is 29.1 Å². The van der Waals surface area contributed by atoms with E-state index in [4.69, 9.17) is 4.74 Å². The maximum absolute atomic E-state index is 14.1. The zero-order valence-electron chi connectivity index (χ0n) is 18.3. The third-order valence-electron chi connectivity index (χ3n) is 5.39. The van der Waals surface area contributed by atoms with Crippen LogP contribution in [0.2, 0.25) is 0 Å². The normalized spacial score (nSPS) is 14.9. The molecule has 0 atom stereocenters. The van der Waals surface area contributed by atoms with Gasteiger partial charge in [0.25, 0.3) is 0 Å². The third-order valence-corrected chi connectivity index (χ3v) is 7.31. The summed E-state index contributed by atoms with van der Waals surface area (Å²) < 4.78 is 100. The topological polar surface area (TPSA) is 75.6 Å². The molecule has 13 heteroatoms. The second kappa shape index (κ2) is 9.74. The summed E-state index contributed by atoms with van der Waals surface area (Å²) >= 11 is 0. The smallest absolute Gasteiger partial charge is 0.249 e. The van der Waals surface area contributed by atoms with E-state index < -0.39 is 44.0 Å². The summed E-state index contributed by atoms with van der Waals surface area (Å²) in [5.41, 5.74) is 1.40. The molecule has 0 radical (unpaired) electrons. The van der Waals surface area contributed by atoms with Crippen LogP contribution >= 0.6 is 0 Å². The largest absolute Gasteiger partial charge is 0.494 e. The van der Waals surface area contributed by atoms with E-state index in [9.17, 15) is 30.4 Å². The highest BCUT2D eigenvalue weighted by Crippen LogP contribution is 2.30. The van der Waals surface area contributed by atoms with Crippen LogP contribution in [0.3, 0.4) is 0 Å². The Labute approximate surface area is 197 Å². The highest BCUT2D eigenvalue weighted by Gasteiger charge is 2.38. The van der Waals surface area contributed by atoms with E-state index in [2.05, 4.69) is 9.97 Å². The van der Waals surface area contributed by atoms with Gasteiger partial charge in [0, 0.05) is 37.9 Å². The molecule has 1 aliphatic rings. The van der Waals surface area contributed by atoms with E-state index in [1.54, 1.807) is 23.1 Å². The molecular formula is C22H19F5N4O3S. The number of aromatic nitrogens is 2. The lowest BCUT2D eigenvalue weighted by molar-refractivity contribution is 0.340. The summed E-state index contributed by atoms with van der Waals surface area (Å²) in [5.74, 6) is -10.8.